The summed E-state index contributed by atoms with van der Waals surface area (Å²) < 4.78 is 0. The molecule has 94 valence electrons. The number of carboxylic acid groups (broad SMARTS) is 1. The minimum Gasteiger partial charge on any atom is -0.480 e. The molecule has 0 heterocycles. The van der Waals surface area contributed by atoms with E-state index in [0.29, 0.717) is 6.04 Å². The van der Waals surface area contributed by atoms with Crippen LogP contribution in [0.5, 0.6) is 0 Å². The second-order valence-corrected chi connectivity index (χ2v) is 5.62. The number of nitrogens with zero attached hydrogens (tertiary/aromatic N) is 1. The summed E-state index contributed by atoms with van der Waals surface area (Å²) in [5.74, 6) is 0.844. The van der Waals surface area contributed by atoms with Crippen LogP contribution in [-0.2, 0) is 4.79 Å². The number of likely N-dealkylation sites (N-methyl/N-ethyl adjacent to an activating group) is 1. The van der Waals surface area contributed by atoms with Gasteiger partial charge in [-0.1, -0.05) is 26.7 Å². The summed E-state index contributed by atoms with van der Waals surface area (Å²) in [7, 11) is 1.94. The average molecular weight is 227 g/mol. The van der Waals surface area contributed by atoms with Crippen LogP contribution in [0.4, 0.5) is 0 Å². The van der Waals surface area contributed by atoms with E-state index in [9.17, 15) is 4.79 Å². The number of rotatable bonds is 5. The fraction of sp³-hybridized carbons (Fsp3) is 0.923. The van der Waals surface area contributed by atoms with E-state index in [1.165, 1.54) is 32.1 Å². The highest BCUT2D eigenvalue weighted by Crippen LogP contribution is 2.31. The molecule has 0 radical (unpaired) electrons. The van der Waals surface area contributed by atoms with E-state index >= 15 is 0 Å². The van der Waals surface area contributed by atoms with E-state index in [2.05, 4.69) is 13.8 Å². The molecule has 3 nitrogen and oxygen atoms in total. The molecule has 1 fully saturated rings. The van der Waals surface area contributed by atoms with Gasteiger partial charge in [-0.05, 0) is 38.1 Å². The lowest BCUT2D eigenvalue weighted by Crippen LogP contribution is -2.39. The number of carboxylic acids is 1. The quantitative estimate of drug-likeness (QED) is 0.785. The third-order valence-corrected chi connectivity index (χ3v) is 3.57. The van der Waals surface area contributed by atoms with Gasteiger partial charge >= 0.3 is 5.97 Å². The van der Waals surface area contributed by atoms with Crippen molar-refractivity contribution < 1.29 is 9.90 Å². The highest BCUT2D eigenvalue weighted by molar-refractivity contribution is 5.69. The van der Waals surface area contributed by atoms with E-state index in [4.69, 9.17) is 5.11 Å². The predicted octanol–water partition coefficient (Wildman–Crippen LogP) is 2.61. The lowest BCUT2D eigenvalue weighted by atomic mass is 9.80. The molecule has 1 saturated carbocycles. The molecule has 0 aromatic heterocycles. The van der Waals surface area contributed by atoms with Gasteiger partial charge in [-0.3, -0.25) is 9.69 Å². The van der Waals surface area contributed by atoms with Crippen molar-refractivity contribution >= 4 is 5.97 Å². The summed E-state index contributed by atoms with van der Waals surface area (Å²) in [4.78, 5) is 12.7. The Bertz CT molecular complexity index is 228. The minimum absolute atomic E-state index is 0.180. The molecular formula is C13H25NO2. The van der Waals surface area contributed by atoms with E-state index < -0.39 is 5.97 Å². The normalized spacial score (nSPS) is 26.3. The lowest BCUT2D eigenvalue weighted by Gasteiger charge is -2.35. The second-order valence-electron chi connectivity index (χ2n) is 5.62. The third kappa shape index (κ3) is 4.52. The number of carbonyl (C=O) groups is 1. The lowest BCUT2D eigenvalue weighted by molar-refractivity contribution is -0.138. The Hall–Kier alpha value is -0.570. The summed E-state index contributed by atoms with van der Waals surface area (Å²) in [6, 6.07) is 0.480. The smallest absolute Gasteiger partial charge is 0.317 e. The SMILES string of the molecule is CC(C)CC1CCCC(N(C)CC(=O)O)C1. The predicted molar refractivity (Wildman–Crippen MR) is 65.5 cm³/mol. The van der Waals surface area contributed by atoms with Crippen molar-refractivity contribution in [3.8, 4) is 0 Å². The van der Waals surface area contributed by atoms with E-state index in [0.717, 1.165) is 11.8 Å². The summed E-state index contributed by atoms with van der Waals surface area (Å²) in [6.07, 6.45) is 6.22. The fourth-order valence-corrected chi connectivity index (χ4v) is 2.89. The van der Waals surface area contributed by atoms with Crippen LogP contribution in [0.3, 0.4) is 0 Å². The molecule has 0 spiro atoms. The average Bonchev–Trinajstić information content (AvgIpc) is 2.16. The summed E-state index contributed by atoms with van der Waals surface area (Å²) >= 11 is 0. The summed E-state index contributed by atoms with van der Waals surface area (Å²) in [6.45, 7) is 4.72. The van der Waals surface area contributed by atoms with E-state index in [1.54, 1.807) is 0 Å². The molecule has 2 atom stereocenters. The molecule has 0 bridgehead atoms. The topological polar surface area (TPSA) is 40.5 Å². The maximum absolute atomic E-state index is 10.7. The van der Waals surface area contributed by atoms with Crippen LogP contribution in [0.2, 0.25) is 0 Å². The molecule has 1 rings (SSSR count). The number of hydrogen-bond donors (Lipinski definition) is 1. The van der Waals surface area contributed by atoms with Crippen LogP contribution >= 0.6 is 0 Å². The van der Waals surface area contributed by atoms with Crippen molar-refractivity contribution in [3.63, 3.8) is 0 Å². The van der Waals surface area contributed by atoms with Gasteiger partial charge in [0.2, 0.25) is 0 Å². The Kier molecular flexibility index (Phi) is 5.26. The molecule has 0 aromatic rings. The van der Waals surface area contributed by atoms with Crippen molar-refractivity contribution in [2.45, 2.75) is 52.0 Å². The van der Waals surface area contributed by atoms with Gasteiger partial charge in [0.15, 0.2) is 0 Å². The maximum Gasteiger partial charge on any atom is 0.317 e. The molecule has 16 heavy (non-hydrogen) atoms. The Morgan fingerprint density at radius 1 is 1.44 bits per heavy atom. The van der Waals surface area contributed by atoms with Gasteiger partial charge in [0.05, 0.1) is 6.54 Å². The van der Waals surface area contributed by atoms with Gasteiger partial charge in [-0.25, -0.2) is 0 Å². The zero-order valence-corrected chi connectivity index (χ0v) is 10.8. The molecular weight excluding hydrogens is 202 g/mol. The Morgan fingerprint density at radius 3 is 2.69 bits per heavy atom. The number of hydrogen-bond acceptors (Lipinski definition) is 2. The summed E-state index contributed by atoms with van der Waals surface area (Å²) in [5, 5.41) is 8.78. The standard InChI is InChI=1S/C13H25NO2/c1-10(2)7-11-5-4-6-12(8-11)14(3)9-13(15)16/h10-12H,4-9H2,1-3H3,(H,15,16). The van der Waals surface area contributed by atoms with Gasteiger partial charge in [-0.15, -0.1) is 0 Å². The van der Waals surface area contributed by atoms with Crippen molar-refractivity contribution in [3.05, 3.63) is 0 Å². The zero-order chi connectivity index (χ0) is 12.1. The second kappa shape index (κ2) is 6.24. The van der Waals surface area contributed by atoms with Gasteiger partial charge in [-0.2, -0.15) is 0 Å². The zero-order valence-electron chi connectivity index (χ0n) is 10.8. The molecule has 1 N–H and O–H groups in total. The first-order valence-corrected chi connectivity index (χ1v) is 6.41. The fourth-order valence-electron chi connectivity index (χ4n) is 2.89. The Labute approximate surface area is 98.8 Å². The van der Waals surface area contributed by atoms with Gasteiger partial charge in [0.25, 0.3) is 0 Å². The first-order chi connectivity index (χ1) is 7.49. The molecule has 0 aromatic carbocycles. The van der Waals surface area contributed by atoms with Gasteiger partial charge < -0.3 is 5.11 Å². The molecule has 1 aliphatic carbocycles. The van der Waals surface area contributed by atoms with Crippen LogP contribution in [0.15, 0.2) is 0 Å². The van der Waals surface area contributed by atoms with Gasteiger partial charge in [0, 0.05) is 6.04 Å². The van der Waals surface area contributed by atoms with E-state index in [-0.39, 0.29) is 6.54 Å². The molecule has 0 amide bonds. The van der Waals surface area contributed by atoms with Crippen LogP contribution in [0.25, 0.3) is 0 Å². The largest absolute Gasteiger partial charge is 0.480 e. The van der Waals surface area contributed by atoms with Crippen molar-refractivity contribution in [2.24, 2.45) is 11.8 Å². The van der Waals surface area contributed by atoms with Crippen LogP contribution in [0.1, 0.15) is 46.0 Å². The number of aliphatic carboxylic acids is 1. The van der Waals surface area contributed by atoms with Crippen LogP contribution in [-0.4, -0.2) is 35.6 Å². The molecule has 3 heteroatoms. The molecule has 0 saturated heterocycles. The van der Waals surface area contributed by atoms with Crippen LogP contribution < -0.4 is 0 Å². The molecule has 1 aliphatic rings. The Morgan fingerprint density at radius 2 is 2.12 bits per heavy atom. The first-order valence-electron chi connectivity index (χ1n) is 6.41. The molecule has 0 aliphatic heterocycles. The van der Waals surface area contributed by atoms with Crippen LogP contribution in [0, 0.1) is 11.8 Å². The Balaban J connectivity index is 2.40. The third-order valence-electron chi connectivity index (χ3n) is 3.57. The van der Waals surface area contributed by atoms with Crippen molar-refractivity contribution in [2.75, 3.05) is 13.6 Å². The molecule has 2 unspecified atom stereocenters. The van der Waals surface area contributed by atoms with Gasteiger partial charge in [0.1, 0.15) is 0 Å². The maximum atomic E-state index is 10.7. The monoisotopic (exact) mass is 227 g/mol. The van der Waals surface area contributed by atoms with Crippen molar-refractivity contribution in [1.29, 1.82) is 0 Å². The van der Waals surface area contributed by atoms with Crippen molar-refractivity contribution in [1.82, 2.24) is 4.90 Å². The minimum atomic E-state index is -0.714. The van der Waals surface area contributed by atoms with E-state index in [1.807, 2.05) is 11.9 Å². The summed E-state index contributed by atoms with van der Waals surface area (Å²) in [5.41, 5.74) is 0. The highest BCUT2D eigenvalue weighted by Gasteiger charge is 2.25. The first kappa shape index (κ1) is 13.5. The highest BCUT2D eigenvalue weighted by atomic mass is 16.4.